The number of nitrogens with zero attached hydrogens (tertiary/aromatic N) is 1. The van der Waals surface area contributed by atoms with Crippen LogP contribution in [0, 0.1) is 0 Å². The molecule has 0 unspecified atom stereocenters. The second-order valence-corrected chi connectivity index (χ2v) is 13.1. The first-order valence-electron chi connectivity index (χ1n) is 15.8. The molecule has 214 valence electrons. The van der Waals surface area contributed by atoms with Crippen LogP contribution in [0.4, 0.5) is 0 Å². The Morgan fingerprint density at radius 2 is 1.11 bits per heavy atom. The van der Waals surface area contributed by atoms with Crippen LogP contribution in [-0.2, 0) is 0 Å². The molecule has 0 atom stereocenters. The van der Waals surface area contributed by atoms with Gasteiger partial charge in [0.15, 0.2) is 0 Å². The van der Waals surface area contributed by atoms with Crippen molar-refractivity contribution in [2.75, 3.05) is 0 Å². The lowest BCUT2D eigenvalue weighted by atomic mass is 9.96. The molecule has 0 aliphatic heterocycles. The van der Waals surface area contributed by atoms with Gasteiger partial charge < -0.3 is 4.57 Å². The molecular formula is C44H27NS. The lowest BCUT2D eigenvalue weighted by Gasteiger charge is -2.12. The van der Waals surface area contributed by atoms with Crippen LogP contribution in [0.15, 0.2) is 164 Å². The smallest absolute Gasteiger partial charge is 0.0634 e. The van der Waals surface area contributed by atoms with Gasteiger partial charge in [0.05, 0.1) is 11.0 Å². The minimum Gasteiger partial charge on any atom is -0.309 e. The molecule has 46 heavy (non-hydrogen) atoms. The van der Waals surface area contributed by atoms with E-state index in [1.54, 1.807) is 0 Å². The summed E-state index contributed by atoms with van der Waals surface area (Å²) >= 11 is 1.92. The molecule has 0 fully saturated rings. The zero-order valence-electron chi connectivity index (χ0n) is 24.9. The molecule has 0 bridgehead atoms. The Morgan fingerprint density at radius 3 is 1.96 bits per heavy atom. The topological polar surface area (TPSA) is 4.93 Å². The number of para-hydroxylation sites is 1. The van der Waals surface area contributed by atoms with Gasteiger partial charge in [-0.25, -0.2) is 0 Å². The Bertz CT molecular complexity index is 2780. The number of benzene rings is 8. The second-order valence-electron chi connectivity index (χ2n) is 12.1. The van der Waals surface area contributed by atoms with Crippen LogP contribution in [0.25, 0.3) is 91.5 Å². The Kier molecular flexibility index (Phi) is 5.51. The molecule has 1 nitrogen and oxygen atoms in total. The van der Waals surface area contributed by atoms with Crippen molar-refractivity contribution in [1.29, 1.82) is 0 Å². The molecule has 2 heteroatoms. The lowest BCUT2D eigenvalue weighted by Crippen LogP contribution is -1.94. The van der Waals surface area contributed by atoms with E-state index in [9.17, 15) is 0 Å². The van der Waals surface area contributed by atoms with Gasteiger partial charge in [0.1, 0.15) is 0 Å². The average molecular weight is 602 g/mol. The summed E-state index contributed by atoms with van der Waals surface area (Å²) in [6.07, 6.45) is 0. The molecule has 8 aromatic carbocycles. The van der Waals surface area contributed by atoms with Crippen LogP contribution in [0.5, 0.6) is 0 Å². The third-order valence-electron chi connectivity index (χ3n) is 9.56. The summed E-state index contributed by atoms with van der Waals surface area (Å²) in [5, 5.41) is 10.4. The summed E-state index contributed by atoms with van der Waals surface area (Å²) in [7, 11) is 0. The van der Waals surface area contributed by atoms with E-state index in [1.165, 1.54) is 91.5 Å². The van der Waals surface area contributed by atoms with Gasteiger partial charge in [-0.05, 0) is 68.7 Å². The summed E-state index contributed by atoms with van der Waals surface area (Å²) in [6.45, 7) is 0. The molecule has 0 saturated heterocycles. The zero-order chi connectivity index (χ0) is 30.2. The Labute approximate surface area is 270 Å². The molecule has 10 aromatic rings. The molecule has 0 aliphatic rings. The summed E-state index contributed by atoms with van der Waals surface area (Å²) in [5.41, 5.74) is 8.67. The number of rotatable bonds is 3. The van der Waals surface area contributed by atoms with E-state index in [4.69, 9.17) is 0 Å². The Hall–Kier alpha value is -5.70. The molecule has 10 rings (SSSR count). The number of fused-ring (bicyclic) bond motifs is 11. The van der Waals surface area contributed by atoms with Crippen LogP contribution in [-0.4, -0.2) is 4.57 Å². The van der Waals surface area contributed by atoms with E-state index in [-0.39, 0.29) is 0 Å². The number of aromatic nitrogens is 1. The first-order valence-corrected chi connectivity index (χ1v) is 16.6. The van der Waals surface area contributed by atoms with Gasteiger partial charge in [0.2, 0.25) is 0 Å². The van der Waals surface area contributed by atoms with Crippen LogP contribution >= 0.6 is 11.3 Å². The molecule has 0 spiro atoms. The molecule has 0 amide bonds. The van der Waals surface area contributed by atoms with E-state index in [1.807, 2.05) is 11.3 Å². The van der Waals surface area contributed by atoms with Crippen molar-refractivity contribution in [2.45, 2.75) is 0 Å². The van der Waals surface area contributed by atoms with Gasteiger partial charge >= 0.3 is 0 Å². The standard InChI is InChI=1S/C44H27NS/c1-3-12-28(13-4-1)30-23-25-40-38(26-30)41-35-19-9-10-20-36(35)43-42(44(41)46-40)37-24-22-31(27-39(37)45(43)32-16-5-2-6-17-32)34-21-11-15-29-14-7-8-18-33(29)34/h1-27H. The van der Waals surface area contributed by atoms with Crippen LogP contribution in [0.3, 0.4) is 0 Å². The second kappa shape index (κ2) is 9.90. The maximum absolute atomic E-state index is 2.50. The maximum Gasteiger partial charge on any atom is 0.0634 e. The molecule has 2 aromatic heterocycles. The number of hydrogen-bond acceptors (Lipinski definition) is 1. The van der Waals surface area contributed by atoms with Gasteiger partial charge in [-0.15, -0.1) is 11.3 Å². The summed E-state index contributed by atoms with van der Waals surface area (Å²) in [4.78, 5) is 0. The van der Waals surface area contributed by atoms with Crippen molar-refractivity contribution in [1.82, 2.24) is 4.57 Å². The highest BCUT2D eigenvalue weighted by Crippen LogP contribution is 2.49. The molecule has 2 heterocycles. The summed E-state index contributed by atoms with van der Waals surface area (Å²) in [6, 6.07) is 60.0. The molecule has 0 N–H and O–H groups in total. The maximum atomic E-state index is 2.50. The average Bonchev–Trinajstić information content (AvgIpc) is 3.68. The highest BCUT2D eigenvalue weighted by molar-refractivity contribution is 7.27. The Morgan fingerprint density at radius 1 is 0.413 bits per heavy atom. The monoisotopic (exact) mass is 601 g/mol. The van der Waals surface area contributed by atoms with E-state index < -0.39 is 0 Å². The normalized spacial score (nSPS) is 11.9. The van der Waals surface area contributed by atoms with Gasteiger partial charge in [-0.3, -0.25) is 0 Å². The Balaban J connectivity index is 1.38. The first-order chi connectivity index (χ1) is 22.8. The molecular weight excluding hydrogens is 575 g/mol. The fourth-order valence-corrected chi connectivity index (χ4v) is 8.78. The fraction of sp³-hybridized carbons (Fsp3) is 0. The van der Waals surface area contributed by atoms with Crippen molar-refractivity contribution in [3.8, 4) is 27.9 Å². The van der Waals surface area contributed by atoms with Crippen molar-refractivity contribution in [3.63, 3.8) is 0 Å². The lowest BCUT2D eigenvalue weighted by molar-refractivity contribution is 1.19. The quantitative estimate of drug-likeness (QED) is 0.190. The van der Waals surface area contributed by atoms with Crippen molar-refractivity contribution in [3.05, 3.63) is 164 Å². The van der Waals surface area contributed by atoms with E-state index >= 15 is 0 Å². The highest BCUT2D eigenvalue weighted by Gasteiger charge is 2.22. The minimum absolute atomic E-state index is 1.18. The summed E-state index contributed by atoms with van der Waals surface area (Å²) in [5.74, 6) is 0. The fourth-order valence-electron chi connectivity index (χ4n) is 7.52. The van der Waals surface area contributed by atoms with Crippen LogP contribution in [0.2, 0.25) is 0 Å². The molecule has 0 radical (unpaired) electrons. The van der Waals surface area contributed by atoms with Crippen molar-refractivity contribution >= 4 is 74.9 Å². The van der Waals surface area contributed by atoms with Gasteiger partial charge in [0.25, 0.3) is 0 Å². The van der Waals surface area contributed by atoms with Gasteiger partial charge in [0, 0.05) is 42.0 Å². The summed E-state index contributed by atoms with van der Waals surface area (Å²) < 4.78 is 5.17. The van der Waals surface area contributed by atoms with Gasteiger partial charge in [-0.1, -0.05) is 133 Å². The zero-order valence-corrected chi connectivity index (χ0v) is 25.8. The van der Waals surface area contributed by atoms with Crippen LogP contribution < -0.4 is 0 Å². The SMILES string of the molecule is c1ccc(-c2ccc3sc4c(c3c2)c2ccccc2c2c4c3ccc(-c4cccc5ccccc45)cc3n2-c2ccccc2)cc1. The van der Waals surface area contributed by atoms with Crippen molar-refractivity contribution in [2.24, 2.45) is 0 Å². The minimum atomic E-state index is 1.18. The van der Waals surface area contributed by atoms with Crippen molar-refractivity contribution < 1.29 is 0 Å². The predicted molar refractivity (Wildman–Crippen MR) is 200 cm³/mol. The third-order valence-corrected chi connectivity index (χ3v) is 10.7. The molecule has 0 saturated carbocycles. The third kappa shape index (κ3) is 3.68. The van der Waals surface area contributed by atoms with E-state index in [0.717, 1.165) is 0 Å². The predicted octanol–water partition coefficient (Wildman–Crippen LogP) is 12.8. The largest absolute Gasteiger partial charge is 0.309 e. The molecule has 0 aliphatic carbocycles. The number of hydrogen-bond donors (Lipinski definition) is 0. The van der Waals surface area contributed by atoms with E-state index in [0.29, 0.717) is 0 Å². The van der Waals surface area contributed by atoms with Crippen LogP contribution in [0.1, 0.15) is 0 Å². The first kappa shape index (κ1) is 25.6. The van der Waals surface area contributed by atoms with E-state index in [2.05, 4.69) is 168 Å². The number of thiophene rings is 1. The van der Waals surface area contributed by atoms with Gasteiger partial charge in [-0.2, -0.15) is 0 Å². The highest BCUT2D eigenvalue weighted by atomic mass is 32.1.